The largest absolute Gasteiger partial charge is 0.393 e. The van der Waals surface area contributed by atoms with Crippen molar-refractivity contribution in [3.8, 4) is 0 Å². The van der Waals surface area contributed by atoms with E-state index in [2.05, 4.69) is 34.5 Å². The Morgan fingerprint density at radius 2 is 2.04 bits per heavy atom. The van der Waals surface area contributed by atoms with Crippen molar-refractivity contribution in [2.24, 2.45) is 5.92 Å². The smallest absolute Gasteiger partial charge is 0.222 e. The molecule has 0 spiro atoms. The summed E-state index contributed by atoms with van der Waals surface area (Å²) in [4.78, 5) is 14.6. The summed E-state index contributed by atoms with van der Waals surface area (Å²) in [6.07, 6.45) is 4.20. The van der Waals surface area contributed by atoms with Crippen LogP contribution in [0.3, 0.4) is 0 Å². The Hall–Kier alpha value is -1.43. The summed E-state index contributed by atoms with van der Waals surface area (Å²) in [5.74, 6) is 0.240. The summed E-state index contributed by atoms with van der Waals surface area (Å²) < 4.78 is 5.78. The molecule has 138 valence electrons. The fourth-order valence-corrected chi connectivity index (χ4v) is 3.84. The van der Waals surface area contributed by atoms with Crippen molar-refractivity contribution in [2.75, 3.05) is 26.2 Å². The molecule has 2 fully saturated rings. The molecule has 2 N–H and O–H groups in total. The maximum absolute atomic E-state index is 12.2. The molecule has 3 atom stereocenters. The minimum absolute atomic E-state index is 0.0318. The van der Waals surface area contributed by atoms with Crippen molar-refractivity contribution in [1.29, 1.82) is 0 Å². The highest BCUT2D eigenvalue weighted by atomic mass is 16.5. The summed E-state index contributed by atoms with van der Waals surface area (Å²) >= 11 is 0. The molecule has 0 unspecified atom stereocenters. The SMILES string of the molecule is O=C(C[C@@H]1CN(Cc2ccccc2)CCO1)NC[C@@H]1CCCC[C@@H]1O. The summed E-state index contributed by atoms with van der Waals surface area (Å²) in [6, 6.07) is 10.4. The molecule has 1 aliphatic carbocycles. The third kappa shape index (κ3) is 5.80. The topological polar surface area (TPSA) is 61.8 Å². The van der Waals surface area contributed by atoms with Crippen LogP contribution in [0, 0.1) is 5.92 Å². The number of ether oxygens (including phenoxy) is 1. The van der Waals surface area contributed by atoms with Gasteiger partial charge in [-0.05, 0) is 18.4 Å². The summed E-state index contributed by atoms with van der Waals surface area (Å²) in [7, 11) is 0. The summed E-state index contributed by atoms with van der Waals surface area (Å²) in [5, 5.41) is 13.0. The number of nitrogens with zero attached hydrogens (tertiary/aromatic N) is 1. The minimum Gasteiger partial charge on any atom is -0.393 e. The highest BCUT2D eigenvalue weighted by molar-refractivity contribution is 5.76. The van der Waals surface area contributed by atoms with E-state index in [-0.39, 0.29) is 24.0 Å². The van der Waals surface area contributed by atoms with Gasteiger partial charge >= 0.3 is 0 Å². The Morgan fingerprint density at radius 3 is 2.84 bits per heavy atom. The Kier molecular flexibility index (Phi) is 6.84. The molecular formula is C20H30N2O3. The average molecular weight is 346 g/mol. The van der Waals surface area contributed by atoms with Crippen LogP contribution >= 0.6 is 0 Å². The number of hydrogen-bond donors (Lipinski definition) is 2. The summed E-state index contributed by atoms with van der Waals surface area (Å²) in [5.41, 5.74) is 1.29. The van der Waals surface area contributed by atoms with Crippen molar-refractivity contribution in [2.45, 2.75) is 50.9 Å². The lowest BCUT2D eigenvalue weighted by molar-refractivity contribution is -0.126. The molecule has 1 saturated heterocycles. The lowest BCUT2D eigenvalue weighted by Gasteiger charge is -2.33. The van der Waals surface area contributed by atoms with Crippen molar-refractivity contribution >= 4 is 5.91 Å². The van der Waals surface area contributed by atoms with E-state index in [0.29, 0.717) is 19.6 Å². The fraction of sp³-hybridized carbons (Fsp3) is 0.650. The number of carbonyl (C=O) groups is 1. The van der Waals surface area contributed by atoms with Gasteiger partial charge in [0.05, 0.1) is 25.2 Å². The van der Waals surface area contributed by atoms with Gasteiger partial charge in [-0.25, -0.2) is 0 Å². The first-order valence-electron chi connectivity index (χ1n) is 9.53. The van der Waals surface area contributed by atoms with Crippen LogP contribution in [-0.4, -0.2) is 54.4 Å². The lowest BCUT2D eigenvalue weighted by atomic mass is 9.86. The number of rotatable bonds is 6. The zero-order valence-electron chi connectivity index (χ0n) is 14.9. The zero-order valence-corrected chi connectivity index (χ0v) is 14.9. The van der Waals surface area contributed by atoms with Gasteiger partial charge < -0.3 is 15.2 Å². The first kappa shape index (κ1) is 18.4. The predicted molar refractivity (Wildman–Crippen MR) is 97.1 cm³/mol. The molecule has 3 rings (SSSR count). The van der Waals surface area contributed by atoms with E-state index in [1.54, 1.807) is 0 Å². The molecule has 1 aromatic carbocycles. The predicted octanol–water partition coefficient (Wildman–Crippen LogP) is 1.94. The number of morpholine rings is 1. The molecule has 25 heavy (non-hydrogen) atoms. The van der Waals surface area contributed by atoms with E-state index in [0.717, 1.165) is 45.3 Å². The van der Waals surface area contributed by atoms with Gasteiger partial charge in [0, 0.05) is 32.1 Å². The van der Waals surface area contributed by atoms with E-state index in [1.165, 1.54) is 5.56 Å². The number of amides is 1. The number of hydrogen-bond acceptors (Lipinski definition) is 4. The first-order chi connectivity index (χ1) is 12.2. The van der Waals surface area contributed by atoms with Gasteiger partial charge in [-0.2, -0.15) is 0 Å². The Labute approximate surface area is 150 Å². The van der Waals surface area contributed by atoms with Crippen LogP contribution < -0.4 is 5.32 Å². The molecule has 2 aliphatic rings. The molecular weight excluding hydrogens is 316 g/mol. The number of aliphatic hydroxyl groups is 1. The highest BCUT2D eigenvalue weighted by Crippen LogP contribution is 2.23. The van der Waals surface area contributed by atoms with E-state index in [4.69, 9.17) is 4.74 Å². The second-order valence-corrected chi connectivity index (χ2v) is 7.33. The number of nitrogens with one attached hydrogen (secondary N) is 1. The van der Waals surface area contributed by atoms with E-state index in [9.17, 15) is 9.90 Å². The van der Waals surface area contributed by atoms with Gasteiger partial charge in [0.2, 0.25) is 5.91 Å². The third-order valence-corrected chi connectivity index (χ3v) is 5.32. The fourth-order valence-electron chi connectivity index (χ4n) is 3.84. The van der Waals surface area contributed by atoms with Crippen molar-refractivity contribution in [3.63, 3.8) is 0 Å². The van der Waals surface area contributed by atoms with Gasteiger partial charge in [0.1, 0.15) is 0 Å². The van der Waals surface area contributed by atoms with Gasteiger partial charge in [-0.3, -0.25) is 9.69 Å². The first-order valence-corrected chi connectivity index (χ1v) is 9.53. The number of aliphatic hydroxyl groups excluding tert-OH is 1. The molecule has 1 amide bonds. The van der Waals surface area contributed by atoms with Crippen molar-refractivity contribution < 1.29 is 14.6 Å². The van der Waals surface area contributed by atoms with E-state index < -0.39 is 0 Å². The lowest BCUT2D eigenvalue weighted by Crippen LogP contribution is -2.45. The van der Waals surface area contributed by atoms with Gasteiger partial charge in [0.15, 0.2) is 0 Å². The van der Waals surface area contributed by atoms with Crippen LogP contribution in [-0.2, 0) is 16.1 Å². The standard InChI is InChI=1S/C20H30N2O3/c23-19-9-5-4-8-17(19)13-21-20(24)12-18-15-22(10-11-25-18)14-16-6-2-1-3-7-16/h1-3,6-7,17-19,23H,4-5,8-15H2,(H,21,24)/t17-,18+,19-/m0/s1. The van der Waals surface area contributed by atoms with Gasteiger partial charge in [-0.15, -0.1) is 0 Å². The van der Waals surface area contributed by atoms with Crippen LogP contribution in [0.2, 0.25) is 0 Å². The molecule has 0 bridgehead atoms. The number of carbonyl (C=O) groups excluding carboxylic acids is 1. The Balaban J connectivity index is 1.40. The van der Waals surface area contributed by atoms with Crippen molar-refractivity contribution in [1.82, 2.24) is 10.2 Å². The van der Waals surface area contributed by atoms with Crippen LogP contribution in [0.25, 0.3) is 0 Å². The van der Waals surface area contributed by atoms with Gasteiger partial charge in [0.25, 0.3) is 0 Å². The zero-order chi connectivity index (χ0) is 17.5. The Morgan fingerprint density at radius 1 is 1.24 bits per heavy atom. The van der Waals surface area contributed by atoms with E-state index in [1.807, 2.05) is 6.07 Å². The second-order valence-electron chi connectivity index (χ2n) is 7.33. The average Bonchev–Trinajstić information content (AvgIpc) is 2.62. The van der Waals surface area contributed by atoms with Gasteiger partial charge in [-0.1, -0.05) is 43.2 Å². The van der Waals surface area contributed by atoms with Crippen molar-refractivity contribution in [3.05, 3.63) is 35.9 Å². The van der Waals surface area contributed by atoms with Crippen LogP contribution in [0.1, 0.15) is 37.7 Å². The molecule has 1 aromatic rings. The molecule has 1 saturated carbocycles. The van der Waals surface area contributed by atoms with Crippen LogP contribution in [0.5, 0.6) is 0 Å². The van der Waals surface area contributed by atoms with Crippen LogP contribution in [0.4, 0.5) is 0 Å². The van der Waals surface area contributed by atoms with Crippen LogP contribution in [0.15, 0.2) is 30.3 Å². The molecule has 1 heterocycles. The molecule has 5 nitrogen and oxygen atoms in total. The summed E-state index contributed by atoms with van der Waals surface area (Å²) in [6.45, 7) is 3.85. The maximum atomic E-state index is 12.2. The highest BCUT2D eigenvalue weighted by Gasteiger charge is 2.25. The van der Waals surface area contributed by atoms with E-state index >= 15 is 0 Å². The molecule has 0 aromatic heterocycles. The molecule has 0 radical (unpaired) electrons. The third-order valence-electron chi connectivity index (χ3n) is 5.32. The number of benzene rings is 1. The molecule has 5 heteroatoms. The quantitative estimate of drug-likeness (QED) is 0.826. The molecule has 1 aliphatic heterocycles. The maximum Gasteiger partial charge on any atom is 0.222 e. The normalized spacial score (nSPS) is 27.8. The monoisotopic (exact) mass is 346 g/mol. The second kappa shape index (κ2) is 9.32. The minimum atomic E-state index is -0.263. The Bertz CT molecular complexity index is 537.